The number of hydrogen-bond acceptors (Lipinski definition) is 5. The van der Waals surface area contributed by atoms with Crippen molar-refractivity contribution < 1.29 is 0 Å². The normalized spacial score (nSPS) is 16.6. The highest BCUT2D eigenvalue weighted by Gasteiger charge is 2.11. The van der Waals surface area contributed by atoms with Crippen LogP contribution >= 0.6 is 35.3 Å². The molecule has 0 aliphatic carbocycles. The molecule has 6 nitrogen and oxygen atoms in total. The first-order valence-corrected chi connectivity index (χ1v) is 10.9. The third-order valence-corrected chi connectivity index (χ3v) is 5.84. The van der Waals surface area contributed by atoms with E-state index in [0.717, 1.165) is 51.4 Å². The zero-order valence-electron chi connectivity index (χ0n) is 17.2. The van der Waals surface area contributed by atoms with E-state index in [1.807, 2.05) is 17.5 Å². The molecule has 0 aromatic carbocycles. The van der Waals surface area contributed by atoms with Crippen molar-refractivity contribution in [1.82, 2.24) is 25.4 Å². The third kappa shape index (κ3) is 10.0. The number of rotatable bonds is 9. The van der Waals surface area contributed by atoms with Crippen LogP contribution in [0.1, 0.15) is 36.6 Å². The van der Waals surface area contributed by atoms with E-state index in [1.165, 1.54) is 42.5 Å². The van der Waals surface area contributed by atoms with Gasteiger partial charge in [0.25, 0.3) is 0 Å². The number of thiazole rings is 1. The molecule has 0 bridgehead atoms. The summed E-state index contributed by atoms with van der Waals surface area (Å²) in [6.45, 7) is 12.9. The van der Waals surface area contributed by atoms with Crippen molar-refractivity contribution in [3.63, 3.8) is 0 Å². The van der Waals surface area contributed by atoms with Gasteiger partial charge in [0.05, 0.1) is 5.01 Å². The molecular formula is C19H37IN6S. The molecule has 156 valence electrons. The molecule has 0 saturated carbocycles. The topological polar surface area (TPSA) is 55.8 Å². The number of aliphatic imine (C=N–C) groups is 1. The Hall–Kier alpha value is -0.450. The van der Waals surface area contributed by atoms with Gasteiger partial charge < -0.3 is 20.4 Å². The van der Waals surface area contributed by atoms with E-state index in [0.29, 0.717) is 0 Å². The number of nitrogens with one attached hydrogen (secondary N) is 2. The van der Waals surface area contributed by atoms with Gasteiger partial charge in [0.1, 0.15) is 0 Å². The lowest BCUT2D eigenvalue weighted by Crippen LogP contribution is -2.38. The van der Waals surface area contributed by atoms with Crippen molar-refractivity contribution in [1.29, 1.82) is 0 Å². The molecule has 2 rings (SSSR count). The summed E-state index contributed by atoms with van der Waals surface area (Å²) in [4.78, 5) is 15.6. The van der Waals surface area contributed by atoms with Crippen LogP contribution in [0.2, 0.25) is 0 Å². The summed E-state index contributed by atoms with van der Waals surface area (Å²) in [7, 11) is 2.22. The molecule has 0 radical (unpaired) electrons. The van der Waals surface area contributed by atoms with E-state index in [1.54, 1.807) is 0 Å². The molecule has 1 fully saturated rings. The standard InChI is InChI=1S/C19H36N6S.HI/c1-4-17-16-23-18(26-17)8-10-22-19(20-5-2)21-9-6-12-25-13-7-11-24(3)14-15-25;/h16H,4-15H2,1-3H3,(H2,20,21,22);1H. The van der Waals surface area contributed by atoms with Gasteiger partial charge in [-0.1, -0.05) is 6.92 Å². The minimum Gasteiger partial charge on any atom is -0.357 e. The number of aryl methyl sites for hydroxylation is 1. The van der Waals surface area contributed by atoms with Gasteiger partial charge in [-0.15, -0.1) is 35.3 Å². The van der Waals surface area contributed by atoms with Crippen molar-refractivity contribution in [2.45, 2.75) is 39.5 Å². The maximum absolute atomic E-state index is 4.73. The van der Waals surface area contributed by atoms with E-state index in [-0.39, 0.29) is 24.0 Å². The Kier molecular flexibility index (Phi) is 13.2. The lowest BCUT2D eigenvalue weighted by atomic mass is 10.3. The molecule has 1 saturated heterocycles. The maximum atomic E-state index is 4.73. The van der Waals surface area contributed by atoms with Gasteiger partial charge in [-0.25, -0.2) is 4.98 Å². The Morgan fingerprint density at radius 3 is 2.81 bits per heavy atom. The highest BCUT2D eigenvalue weighted by atomic mass is 127. The van der Waals surface area contributed by atoms with E-state index >= 15 is 0 Å². The molecule has 1 aromatic rings. The average molecular weight is 509 g/mol. The van der Waals surface area contributed by atoms with Crippen molar-refractivity contribution >= 4 is 41.3 Å². The van der Waals surface area contributed by atoms with Gasteiger partial charge in [-0.05, 0) is 52.9 Å². The van der Waals surface area contributed by atoms with E-state index in [4.69, 9.17) is 4.99 Å². The van der Waals surface area contributed by atoms with Crippen LogP contribution in [0, 0.1) is 0 Å². The predicted octanol–water partition coefficient (Wildman–Crippen LogP) is 2.45. The molecule has 0 unspecified atom stereocenters. The zero-order chi connectivity index (χ0) is 18.6. The number of aromatic nitrogens is 1. The summed E-state index contributed by atoms with van der Waals surface area (Å²) >= 11 is 1.82. The second-order valence-electron chi connectivity index (χ2n) is 6.86. The van der Waals surface area contributed by atoms with E-state index in [2.05, 4.69) is 46.3 Å². The molecule has 0 amide bonds. The van der Waals surface area contributed by atoms with Gasteiger partial charge in [-0.2, -0.15) is 0 Å². The van der Waals surface area contributed by atoms with Crippen LogP contribution in [0.3, 0.4) is 0 Å². The smallest absolute Gasteiger partial charge is 0.191 e. The second kappa shape index (κ2) is 14.5. The average Bonchev–Trinajstić information content (AvgIpc) is 3.00. The first kappa shape index (κ1) is 24.6. The minimum absolute atomic E-state index is 0. The van der Waals surface area contributed by atoms with Crippen LogP contribution in [-0.2, 0) is 12.8 Å². The number of guanidine groups is 1. The van der Waals surface area contributed by atoms with Crippen LogP contribution < -0.4 is 10.6 Å². The van der Waals surface area contributed by atoms with Gasteiger partial charge in [0.15, 0.2) is 5.96 Å². The second-order valence-corrected chi connectivity index (χ2v) is 8.06. The Bertz CT molecular complexity index is 536. The first-order chi connectivity index (χ1) is 12.7. The minimum atomic E-state index is 0. The molecule has 27 heavy (non-hydrogen) atoms. The van der Waals surface area contributed by atoms with Crippen molar-refractivity contribution in [3.05, 3.63) is 16.1 Å². The van der Waals surface area contributed by atoms with Gasteiger partial charge in [0.2, 0.25) is 0 Å². The summed E-state index contributed by atoms with van der Waals surface area (Å²) < 4.78 is 0. The maximum Gasteiger partial charge on any atom is 0.191 e. The fourth-order valence-corrected chi connectivity index (χ4v) is 3.93. The van der Waals surface area contributed by atoms with Gasteiger partial charge in [0, 0.05) is 50.2 Å². The highest BCUT2D eigenvalue weighted by molar-refractivity contribution is 14.0. The Labute approximate surface area is 186 Å². The Morgan fingerprint density at radius 1 is 1.22 bits per heavy atom. The van der Waals surface area contributed by atoms with Crippen LogP contribution in [-0.4, -0.2) is 80.1 Å². The summed E-state index contributed by atoms with van der Waals surface area (Å²) in [5.74, 6) is 0.926. The monoisotopic (exact) mass is 508 g/mol. The largest absolute Gasteiger partial charge is 0.357 e. The molecule has 2 N–H and O–H groups in total. The van der Waals surface area contributed by atoms with E-state index in [9.17, 15) is 0 Å². The molecule has 2 heterocycles. The SMILES string of the molecule is CCNC(=NCCCN1CCCN(C)CC1)NCCc1ncc(CC)s1.I. The molecule has 1 aliphatic heterocycles. The van der Waals surface area contributed by atoms with Gasteiger partial charge in [-0.3, -0.25) is 4.99 Å². The van der Waals surface area contributed by atoms with Crippen LogP contribution in [0.5, 0.6) is 0 Å². The molecule has 1 aromatic heterocycles. The third-order valence-electron chi connectivity index (χ3n) is 4.64. The molecule has 1 aliphatic rings. The number of likely N-dealkylation sites (N-methyl/N-ethyl adjacent to an activating group) is 1. The van der Waals surface area contributed by atoms with Crippen molar-refractivity contribution in [3.8, 4) is 0 Å². The van der Waals surface area contributed by atoms with Crippen LogP contribution in [0.25, 0.3) is 0 Å². The molecule has 0 spiro atoms. The summed E-state index contributed by atoms with van der Waals surface area (Å²) in [6, 6.07) is 0. The predicted molar refractivity (Wildman–Crippen MR) is 128 cm³/mol. The quantitative estimate of drug-likeness (QED) is 0.232. The fraction of sp³-hybridized carbons (Fsp3) is 0.789. The first-order valence-electron chi connectivity index (χ1n) is 10.1. The fourth-order valence-electron chi connectivity index (χ4n) is 3.07. The van der Waals surface area contributed by atoms with Crippen LogP contribution in [0.15, 0.2) is 11.2 Å². The van der Waals surface area contributed by atoms with Crippen molar-refractivity contribution in [2.24, 2.45) is 4.99 Å². The molecular weight excluding hydrogens is 471 g/mol. The summed E-state index contributed by atoms with van der Waals surface area (Å²) in [6.07, 6.45) is 6.42. The Balaban J connectivity index is 0.00000364. The number of halogens is 1. The van der Waals surface area contributed by atoms with Gasteiger partial charge >= 0.3 is 0 Å². The lowest BCUT2D eigenvalue weighted by Gasteiger charge is -2.19. The summed E-state index contributed by atoms with van der Waals surface area (Å²) in [5.41, 5.74) is 0. The van der Waals surface area contributed by atoms with Crippen molar-refractivity contribution in [2.75, 3.05) is 59.4 Å². The zero-order valence-corrected chi connectivity index (χ0v) is 20.3. The molecule has 0 atom stereocenters. The van der Waals surface area contributed by atoms with Crippen LogP contribution in [0.4, 0.5) is 0 Å². The lowest BCUT2D eigenvalue weighted by molar-refractivity contribution is 0.275. The Morgan fingerprint density at radius 2 is 2.07 bits per heavy atom. The van der Waals surface area contributed by atoms with E-state index < -0.39 is 0 Å². The highest BCUT2D eigenvalue weighted by Crippen LogP contribution is 2.13. The number of nitrogens with zero attached hydrogens (tertiary/aromatic N) is 4. The summed E-state index contributed by atoms with van der Waals surface area (Å²) in [5, 5.41) is 7.98. The number of hydrogen-bond donors (Lipinski definition) is 2. The molecule has 8 heteroatoms.